The van der Waals surface area contributed by atoms with Crippen molar-refractivity contribution in [3.63, 3.8) is 0 Å². The van der Waals surface area contributed by atoms with E-state index in [1.54, 1.807) is 0 Å². The van der Waals surface area contributed by atoms with Gasteiger partial charge in [-0.2, -0.15) is 5.26 Å². The number of hydrogen-bond acceptors (Lipinski definition) is 4. The topological polar surface area (TPSA) is 108 Å². The first kappa shape index (κ1) is 21.4. The van der Waals surface area contributed by atoms with Crippen LogP contribution in [0.15, 0.2) is 46.1 Å². The molecule has 4 rings (SSSR count). The van der Waals surface area contributed by atoms with Crippen molar-refractivity contribution in [2.75, 3.05) is 0 Å². The summed E-state index contributed by atoms with van der Waals surface area (Å²) in [7, 11) is 0. The van der Waals surface area contributed by atoms with E-state index >= 15 is 0 Å². The number of fused-ring (bicyclic) bond motifs is 1. The predicted octanol–water partition coefficient (Wildman–Crippen LogP) is 2.97. The quantitative estimate of drug-likeness (QED) is 0.653. The maximum atomic E-state index is 14.3. The average molecular weight is 438 g/mol. The van der Waals surface area contributed by atoms with Crippen molar-refractivity contribution in [1.82, 2.24) is 14.9 Å². The molecule has 0 atom stereocenters. The van der Waals surface area contributed by atoms with Gasteiger partial charge in [-0.05, 0) is 31.0 Å². The van der Waals surface area contributed by atoms with Gasteiger partial charge in [-0.15, -0.1) is 0 Å². The van der Waals surface area contributed by atoms with Gasteiger partial charge in [-0.25, -0.2) is 8.78 Å². The zero-order valence-corrected chi connectivity index (χ0v) is 17.1. The SMILES string of the molecule is N#CC1(NC(=O)c2cn(Cc3c(F)cccc3F)c3ccc(=O)[nH]c3c2=O)CCCCC1. The zero-order chi connectivity index (χ0) is 22.9. The summed E-state index contributed by atoms with van der Waals surface area (Å²) >= 11 is 0. The molecule has 0 bridgehead atoms. The third-order valence-corrected chi connectivity index (χ3v) is 5.87. The number of nitriles is 1. The molecular formula is C23H20F2N4O3. The van der Waals surface area contributed by atoms with Gasteiger partial charge in [0.15, 0.2) is 0 Å². The summed E-state index contributed by atoms with van der Waals surface area (Å²) in [6, 6.07) is 8.15. The lowest BCUT2D eigenvalue weighted by Gasteiger charge is -2.31. The molecule has 0 spiro atoms. The second-order valence-corrected chi connectivity index (χ2v) is 7.99. The third-order valence-electron chi connectivity index (χ3n) is 5.87. The van der Waals surface area contributed by atoms with Gasteiger partial charge in [0.2, 0.25) is 11.0 Å². The number of carbonyl (C=O) groups excluding carboxylic acids is 1. The van der Waals surface area contributed by atoms with Crippen LogP contribution in [0.3, 0.4) is 0 Å². The first-order chi connectivity index (χ1) is 15.3. The standard InChI is InChI=1S/C23H20F2N4O3/c24-16-5-4-6-17(25)14(16)11-29-12-15(21(31)20-18(29)7-8-19(30)27-20)22(32)28-23(13-26)9-2-1-3-10-23/h4-8,12H,1-3,9-11H2,(H,27,30)(H,28,32). The predicted molar refractivity (Wildman–Crippen MR) is 113 cm³/mol. The van der Waals surface area contributed by atoms with Gasteiger partial charge in [0.05, 0.1) is 18.1 Å². The number of pyridine rings is 2. The second-order valence-electron chi connectivity index (χ2n) is 7.99. The fourth-order valence-electron chi connectivity index (χ4n) is 4.15. The molecule has 1 amide bonds. The summed E-state index contributed by atoms with van der Waals surface area (Å²) in [5.41, 5.74) is -2.89. The molecule has 7 nitrogen and oxygen atoms in total. The van der Waals surface area contributed by atoms with Gasteiger partial charge in [-0.1, -0.05) is 25.3 Å². The number of benzene rings is 1. The highest BCUT2D eigenvalue weighted by Crippen LogP contribution is 2.28. The molecule has 32 heavy (non-hydrogen) atoms. The molecule has 164 valence electrons. The van der Waals surface area contributed by atoms with Crippen LogP contribution >= 0.6 is 0 Å². The lowest BCUT2D eigenvalue weighted by Crippen LogP contribution is -2.49. The van der Waals surface area contributed by atoms with E-state index in [-0.39, 0.29) is 28.7 Å². The summed E-state index contributed by atoms with van der Waals surface area (Å²) in [6.45, 7) is -0.314. The van der Waals surface area contributed by atoms with Crippen LogP contribution in [0, 0.1) is 23.0 Å². The molecule has 1 saturated carbocycles. The van der Waals surface area contributed by atoms with E-state index in [0.29, 0.717) is 12.8 Å². The average Bonchev–Trinajstić information content (AvgIpc) is 2.78. The number of amides is 1. The number of aromatic nitrogens is 2. The normalized spacial score (nSPS) is 15.3. The number of nitrogens with one attached hydrogen (secondary N) is 2. The minimum absolute atomic E-state index is 0.156. The Morgan fingerprint density at radius 3 is 2.47 bits per heavy atom. The summed E-state index contributed by atoms with van der Waals surface area (Å²) in [4.78, 5) is 40.3. The Labute approximate surface area is 181 Å². The minimum Gasteiger partial charge on any atom is -0.341 e. The van der Waals surface area contributed by atoms with Crippen molar-refractivity contribution in [2.24, 2.45) is 0 Å². The molecule has 1 aliphatic carbocycles. The van der Waals surface area contributed by atoms with Crippen molar-refractivity contribution in [2.45, 2.75) is 44.2 Å². The number of rotatable bonds is 4. The lowest BCUT2D eigenvalue weighted by atomic mass is 9.82. The zero-order valence-electron chi connectivity index (χ0n) is 17.1. The Kier molecular flexibility index (Phi) is 5.61. The maximum Gasteiger partial charge on any atom is 0.258 e. The number of H-pyrrole nitrogens is 1. The van der Waals surface area contributed by atoms with E-state index in [0.717, 1.165) is 31.4 Å². The molecule has 2 aromatic heterocycles. The van der Waals surface area contributed by atoms with E-state index in [4.69, 9.17) is 0 Å². The molecule has 2 N–H and O–H groups in total. The molecule has 2 heterocycles. The molecule has 9 heteroatoms. The summed E-state index contributed by atoms with van der Waals surface area (Å²) in [5.74, 6) is -2.33. The van der Waals surface area contributed by atoms with E-state index in [2.05, 4.69) is 16.4 Å². The lowest BCUT2D eigenvalue weighted by molar-refractivity contribution is 0.0901. The summed E-state index contributed by atoms with van der Waals surface area (Å²) in [5, 5.41) is 12.3. The van der Waals surface area contributed by atoms with Crippen LogP contribution in [0.1, 0.15) is 48.0 Å². The second kappa shape index (κ2) is 8.38. The van der Waals surface area contributed by atoms with E-state index in [1.165, 1.54) is 29.0 Å². The highest BCUT2D eigenvalue weighted by Gasteiger charge is 2.34. The fraction of sp³-hybridized carbons (Fsp3) is 0.304. The Bertz CT molecular complexity index is 1340. The van der Waals surface area contributed by atoms with Crippen molar-refractivity contribution < 1.29 is 13.6 Å². The molecule has 0 radical (unpaired) electrons. The molecule has 0 unspecified atom stereocenters. The van der Waals surface area contributed by atoms with Crippen LogP contribution in [0.2, 0.25) is 0 Å². The van der Waals surface area contributed by atoms with E-state index < -0.39 is 34.1 Å². The van der Waals surface area contributed by atoms with Gasteiger partial charge < -0.3 is 14.9 Å². The Hall–Kier alpha value is -3.80. The minimum atomic E-state index is -1.08. The van der Waals surface area contributed by atoms with Crippen molar-refractivity contribution in [3.05, 3.63) is 79.9 Å². The fourth-order valence-corrected chi connectivity index (χ4v) is 4.15. The Balaban J connectivity index is 1.84. The van der Waals surface area contributed by atoms with Gasteiger partial charge in [0.25, 0.3) is 5.91 Å². The Morgan fingerprint density at radius 1 is 1.12 bits per heavy atom. The number of carbonyl (C=O) groups is 1. The number of aromatic amines is 1. The van der Waals surface area contributed by atoms with Crippen LogP contribution in [-0.4, -0.2) is 21.0 Å². The number of nitrogens with zero attached hydrogens (tertiary/aromatic N) is 2. The van der Waals surface area contributed by atoms with Gasteiger partial charge in [-0.3, -0.25) is 14.4 Å². The van der Waals surface area contributed by atoms with Gasteiger partial charge in [0, 0.05) is 17.8 Å². The van der Waals surface area contributed by atoms with E-state index in [1.807, 2.05) is 0 Å². The number of hydrogen-bond donors (Lipinski definition) is 2. The van der Waals surface area contributed by atoms with Crippen molar-refractivity contribution >= 4 is 16.9 Å². The maximum absolute atomic E-state index is 14.3. The van der Waals surface area contributed by atoms with Crippen molar-refractivity contribution in [1.29, 1.82) is 5.26 Å². The first-order valence-electron chi connectivity index (χ1n) is 10.3. The van der Waals surface area contributed by atoms with Gasteiger partial charge >= 0.3 is 0 Å². The van der Waals surface area contributed by atoms with Crippen LogP contribution in [-0.2, 0) is 6.54 Å². The van der Waals surface area contributed by atoms with Crippen LogP contribution in [0.25, 0.3) is 11.0 Å². The molecule has 1 aliphatic rings. The third kappa shape index (κ3) is 3.91. The molecular weight excluding hydrogens is 418 g/mol. The molecule has 3 aromatic rings. The largest absolute Gasteiger partial charge is 0.341 e. The van der Waals surface area contributed by atoms with Crippen LogP contribution in [0.4, 0.5) is 8.78 Å². The monoisotopic (exact) mass is 438 g/mol. The van der Waals surface area contributed by atoms with Crippen LogP contribution in [0.5, 0.6) is 0 Å². The van der Waals surface area contributed by atoms with Gasteiger partial charge in [0.1, 0.15) is 28.3 Å². The van der Waals surface area contributed by atoms with E-state index in [9.17, 15) is 28.4 Å². The highest BCUT2D eigenvalue weighted by molar-refractivity contribution is 5.97. The van der Waals surface area contributed by atoms with Crippen molar-refractivity contribution in [3.8, 4) is 6.07 Å². The Morgan fingerprint density at radius 2 is 1.81 bits per heavy atom. The highest BCUT2D eigenvalue weighted by atomic mass is 19.1. The summed E-state index contributed by atoms with van der Waals surface area (Å²) < 4.78 is 29.8. The summed E-state index contributed by atoms with van der Waals surface area (Å²) in [6.07, 6.45) is 4.64. The molecule has 0 saturated heterocycles. The molecule has 1 aromatic carbocycles. The molecule has 1 fully saturated rings. The molecule has 0 aliphatic heterocycles. The van der Waals surface area contributed by atoms with Crippen LogP contribution < -0.4 is 16.3 Å². The number of halogens is 2. The smallest absolute Gasteiger partial charge is 0.258 e. The first-order valence-corrected chi connectivity index (χ1v) is 10.3.